The topological polar surface area (TPSA) is 12.9 Å². The molecule has 0 unspecified atom stereocenters. The van der Waals surface area contributed by atoms with Crippen molar-refractivity contribution in [2.24, 2.45) is 0 Å². The van der Waals surface area contributed by atoms with Gasteiger partial charge in [0.25, 0.3) is 0 Å². The van der Waals surface area contributed by atoms with Gasteiger partial charge in [-0.25, -0.2) is 0 Å². The molecular weight excluding hydrogens is 230 g/mol. The first-order valence-electron chi connectivity index (χ1n) is 6.69. The standard InChI is InChI=1S/C18H17N/c1-13(2)15-9-10-19-18(12-15)17-8-7-14-5-3-4-6-16(14)11-17/h3-13H,1-2H3. The van der Waals surface area contributed by atoms with Gasteiger partial charge in [-0.05, 0) is 40.5 Å². The van der Waals surface area contributed by atoms with Gasteiger partial charge < -0.3 is 0 Å². The highest BCUT2D eigenvalue weighted by Gasteiger charge is 2.04. The Morgan fingerprint density at radius 3 is 2.42 bits per heavy atom. The summed E-state index contributed by atoms with van der Waals surface area (Å²) in [4.78, 5) is 4.50. The highest BCUT2D eigenvalue weighted by Crippen LogP contribution is 2.25. The van der Waals surface area contributed by atoms with Crippen molar-refractivity contribution >= 4 is 10.8 Å². The molecule has 19 heavy (non-hydrogen) atoms. The van der Waals surface area contributed by atoms with Gasteiger partial charge in [-0.15, -0.1) is 0 Å². The lowest BCUT2D eigenvalue weighted by atomic mass is 10.00. The molecule has 0 atom stereocenters. The number of hydrogen-bond acceptors (Lipinski definition) is 1. The van der Waals surface area contributed by atoms with Gasteiger partial charge >= 0.3 is 0 Å². The molecule has 0 saturated heterocycles. The predicted octanol–water partition coefficient (Wildman–Crippen LogP) is 5.03. The van der Waals surface area contributed by atoms with Crippen LogP contribution >= 0.6 is 0 Å². The zero-order valence-corrected chi connectivity index (χ0v) is 11.3. The van der Waals surface area contributed by atoms with E-state index < -0.39 is 0 Å². The molecule has 0 aliphatic rings. The molecule has 0 saturated carbocycles. The minimum absolute atomic E-state index is 0.530. The maximum Gasteiger partial charge on any atom is 0.0705 e. The molecule has 3 aromatic rings. The predicted molar refractivity (Wildman–Crippen MR) is 81.3 cm³/mol. The van der Waals surface area contributed by atoms with Gasteiger partial charge in [-0.2, -0.15) is 0 Å². The SMILES string of the molecule is CC(C)c1ccnc(-c2ccc3ccccc3c2)c1. The molecule has 2 aromatic carbocycles. The molecule has 1 aromatic heterocycles. The van der Waals surface area contributed by atoms with Gasteiger partial charge in [0.1, 0.15) is 0 Å². The van der Waals surface area contributed by atoms with E-state index in [2.05, 4.69) is 73.4 Å². The summed E-state index contributed by atoms with van der Waals surface area (Å²) in [6.07, 6.45) is 1.90. The minimum Gasteiger partial charge on any atom is -0.256 e. The van der Waals surface area contributed by atoms with Crippen LogP contribution in [-0.4, -0.2) is 4.98 Å². The minimum atomic E-state index is 0.530. The Morgan fingerprint density at radius 1 is 0.842 bits per heavy atom. The van der Waals surface area contributed by atoms with Crippen LogP contribution in [-0.2, 0) is 0 Å². The Kier molecular flexibility index (Phi) is 3.04. The zero-order valence-electron chi connectivity index (χ0n) is 11.3. The smallest absolute Gasteiger partial charge is 0.0705 e. The lowest BCUT2D eigenvalue weighted by molar-refractivity contribution is 0.864. The van der Waals surface area contributed by atoms with E-state index >= 15 is 0 Å². The number of hydrogen-bond donors (Lipinski definition) is 0. The van der Waals surface area contributed by atoms with Gasteiger partial charge in [-0.3, -0.25) is 4.98 Å². The summed E-state index contributed by atoms with van der Waals surface area (Å²) in [5, 5.41) is 2.53. The molecule has 1 heterocycles. The third-order valence-electron chi connectivity index (χ3n) is 3.50. The Bertz CT molecular complexity index is 713. The average molecular weight is 247 g/mol. The van der Waals surface area contributed by atoms with Gasteiger partial charge in [0, 0.05) is 11.8 Å². The van der Waals surface area contributed by atoms with Crippen LogP contribution < -0.4 is 0 Å². The number of nitrogens with zero attached hydrogens (tertiary/aromatic N) is 1. The van der Waals surface area contributed by atoms with Crippen molar-refractivity contribution in [2.45, 2.75) is 19.8 Å². The fourth-order valence-electron chi connectivity index (χ4n) is 2.31. The first-order valence-corrected chi connectivity index (χ1v) is 6.69. The molecule has 1 nitrogen and oxygen atoms in total. The summed E-state index contributed by atoms with van der Waals surface area (Å²) in [7, 11) is 0. The van der Waals surface area contributed by atoms with Crippen LogP contribution in [0.15, 0.2) is 60.8 Å². The second-order valence-corrected chi connectivity index (χ2v) is 5.19. The van der Waals surface area contributed by atoms with Crippen molar-refractivity contribution in [1.82, 2.24) is 4.98 Å². The van der Waals surface area contributed by atoms with Crippen LogP contribution in [0.5, 0.6) is 0 Å². The summed E-state index contributed by atoms with van der Waals surface area (Å²) < 4.78 is 0. The molecule has 3 rings (SSSR count). The normalized spacial score (nSPS) is 11.1. The molecule has 0 radical (unpaired) electrons. The molecule has 1 heteroatoms. The Labute approximate surface area is 113 Å². The van der Waals surface area contributed by atoms with E-state index in [4.69, 9.17) is 0 Å². The van der Waals surface area contributed by atoms with Crippen LogP contribution in [0.2, 0.25) is 0 Å². The van der Waals surface area contributed by atoms with Crippen LogP contribution in [0, 0.1) is 0 Å². The van der Waals surface area contributed by atoms with Crippen LogP contribution in [0.1, 0.15) is 25.3 Å². The van der Waals surface area contributed by atoms with E-state index in [1.54, 1.807) is 0 Å². The van der Waals surface area contributed by atoms with E-state index in [1.807, 2.05) is 6.20 Å². The number of fused-ring (bicyclic) bond motifs is 1. The van der Waals surface area contributed by atoms with E-state index in [1.165, 1.54) is 21.9 Å². The molecule has 0 N–H and O–H groups in total. The summed E-state index contributed by atoms with van der Waals surface area (Å²) in [5.41, 5.74) is 3.57. The van der Waals surface area contributed by atoms with E-state index in [0.717, 1.165) is 5.69 Å². The fourth-order valence-corrected chi connectivity index (χ4v) is 2.31. The van der Waals surface area contributed by atoms with Crippen LogP contribution in [0.3, 0.4) is 0 Å². The van der Waals surface area contributed by atoms with Crippen molar-refractivity contribution in [3.63, 3.8) is 0 Å². The zero-order chi connectivity index (χ0) is 13.2. The van der Waals surface area contributed by atoms with Gasteiger partial charge in [0.05, 0.1) is 5.69 Å². The first-order chi connectivity index (χ1) is 9.24. The number of benzene rings is 2. The van der Waals surface area contributed by atoms with E-state index in [0.29, 0.717) is 5.92 Å². The molecule has 0 fully saturated rings. The Hall–Kier alpha value is -2.15. The van der Waals surface area contributed by atoms with Crippen LogP contribution in [0.4, 0.5) is 0 Å². The van der Waals surface area contributed by atoms with Crippen molar-refractivity contribution in [3.8, 4) is 11.3 Å². The summed E-state index contributed by atoms with van der Waals surface area (Å²) in [5.74, 6) is 0.530. The highest BCUT2D eigenvalue weighted by atomic mass is 14.7. The molecule has 0 aliphatic heterocycles. The van der Waals surface area contributed by atoms with Gasteiger partial charge in [0.2, 0.25) is 0 Å². The molecule has 0 aliphatic carbocycles. The number of aromatic nitrogens is 1. The average Bonchev–Trinajstić information content (AvgIpc) is 2.47. The molecule has 0 spiro atoms. The Balaban J connectivity index is 2.11. The summed E-state index contributed by atoms with van der Waals surface area (Å²) in [6, 6.07) is 19.2. The van der Waals surface area contributed by atoms with Gasteiger partial charge in [0.15, 0.2) is 0 Å². The fraction of sp³-hybridized carbons (Fsp3) is 0.167. The summed E-state index contributed by atoms with van der Waals surface area (Å²) >= 11 is 0. The first kappa shape index (κ1) is 11.9. The molecule has 0 bridgehead atoms. The third kappa shape index (κ3) is 2.37. The molecule has 94 valence electrons. The van der Waals surface area contributed by atoms with Crippen LogP contribution in [0.25, 0.3) is 22.0 Å². The monoisotopic (exact) mass is 247 g/mol. The number of rotatable bonds is 2. The van der Waals surface area contributed by atoms with E-state index in [9.17, 15) is 0 Å². The lowest BCUT2D eigenvalue weighted by Gasteiger charge is -2.08. The van der Waals surface area contributed by atoms with Crippen molar-refractivity contribution < 1.29 is 0 Å². The molecule has 0 amide bonds. The maximum atomic E-state index is 4.50. The lowest BCUT2D eigenvalue weighted by Crippen LogP contribution is -1.90. The quantitative estimate of drug-likeness (QED) is 0.619. The highest BCUT2D eigenvalue weighted by molar-refractivity contribution is 5.86. The second-order valence-electron chi connectivity index (χ2n) is 5.19. The van der Waals surface area contributed by atoms with Crippen molar-refractivity contribution in [1.29, 1.82) is 0 Å². The Morgan fingerprint density at radius 2 is 1.63 bits per heavy atom. The van der Waals surface area contributed by atoms with Crippen molar-refractivity contribution in [2.75, 3.05) is 0 Å². The second kappa shape index (κ2) is 4.85. The number of pyridine rings is 1. The summed E-state index contributed by atoms with van der Waals surface area (Å²) in [6.45, 7) is 4.42. The van der Waals surface area contributed by atoms with Gasteiger partial charge in [-0.1, -0.05) is 50.2 Å². The van der Waals surface area contributed by atoms with Crippen molar-refractivity contribution in [3.05, 3.63) is 66.4 Å². The largest absolute Gasteiger partial charge is 0.256 e. The molecular formula is C18H17N. The third-order valence-corrected chi connectivity index (χ3v) is 3.50. The van der Waals surface area contributed by atoms with E-state index in [-0.39, 0.29) is 0 Å². The maximum absolute atomic E-state index is 4.50.